The van der Waals surface area contributed by atoms with E-state index < -0.39 is 0 Å². The quantitative estimate of drug-likeness (QED) is 0.294. The van der Waals surface area contributed by atoms with Crippen LogP contribution in [-0.4, -0.2) is 48.3 Å². The van der Waals surface area contributed by atoms with Crippen molar-refractivity contribution >= 4 is 44.4 Å². The Kier molecular flexibility index (Phi) is 7.16. The van der Waals surface area contributed by atoms with Gasteiger partial charge in [0.1, 0.15) is 11.3 Å². The summed E-state index contributed by atoms with van der Waals surface area (Å²) in [6, 6.07) is 20.4. The molecule has 1 saturated heterocycles. The first-order valence-corrected chi connectivity index (χ1v) is 12.7. The van der Waals surface area contributed by atoms with Gasteiger partial charge in [0.05, 0.1) is 19.2 Å². The van der Waals surface area contributed by atoms with Gasteiger partial charge in [-0.2, -0.15) is 0 Å². The van der Waals surface area contributed by atoms with Crippen molar-refractivity contribution in [1.82, 2.24) is 9.88 Å². The summed E-state index contributed by atoms with van der Waals surface area (Å²) in [4.78, 5) is 32.1. The van der Waals surface area contributed by atoms with E-state index >= 15 is 0 Å². The highest BCUT2D eigenvalue weighted by Crippen LogP contribution is 2.33. The Bertz CT molecular complexity index is 1390. The average molecular weight is 548 g/mol. The Balaban J connectivity index is 1.19. The number of oxazole rings is 1. The summed E-state index contributed by atoms with van der Waals surface area (Å²) in [5.41, 5.74) is 3.52. The monoisotopic (exact) mass is 547 g/mol. The van der Waals surface area contributed by atoms with Gasteiger partial charge in [-0.05, 0) is 72.2 Å². The van der Waals surface area contributed by atoms with Crippen LogP contribution in [0.25, 0.3) is 22.6 Å². The van der Waals surface area contributed by atoms with E-state index in [1.807, 2.05) is 60.7 Å². The molecular weight excluding hydrogens is 522 g/mol. The first-order chi connectivity index (χ1) is 17.5. The highest BCUT2D eigenvalue weighted by atomic mass is 79.9. The van der Waals surface area contributed by atoms with Gasteiger partial charge in [-0.3, -0.25) is 14.5 Å². The van der Waals surface area contributed by atoms with Crippen LogP contribution in [0.4, 0.5) is 5.69 Å². The van der Waals surface area contributed by atoms with Crippen LogP contribution in [-0.2, 0) is 4.79 Å². The fourth-order valence-corrected chi connectivity index (χ4v) is 4.96. The second-order valence-electron chi connectivity index (χ2n) is 8.88. The van der Waals surface area contributed by atoms with Gasteiger partial charge < -0.3 is 14.5 Å². The van der Waals surface area contributed by atoms with E-state index in [1.54, 1.807) is 13.2 Å². The van der Waals surface area contributed by atoms with Crippen LogP contribution in [0, 0.1) is 5.92 Å². The maximum Gasteiger partial charge on any atom is 0.228 e. The number of nitrogens with one attached hydrogen (secondary N) is 1. The Hall–Kier alpha value is -3.49. The fraction of sp³-hybridized carbons (Fsp3) is 0.250. The molecule has 0 aliphatic carbocycles. The molecule has 2 heterocycles. The molecule has 1 aromatic heterocycles. The van der Waals surface area contributed by atoms with Crippen molar-refractivity contribution in [2.45, 2.75) is 12.8 Å². The van der Waals surface area contributed by atoms with Crippen molar-refractivity contribution in [3.8, 4) is 17.2 Å². The van der Waals surface area contributed by atoms with E-state index in [0.717, 1.165) is 34.4 Å². The molecule has 1 aliphatic rings. The molecule has 1 aliphatic heterocycles. The lowest BCUT2D eigenvalue weighted by molar-refractivity contribution is -0.121. The van der Waals surface area contributed by atoms with Crippen molar-refractivity contribution in [3.05, 3.63) is 76.8 Å². The number of carbonyl (C=O) groups excluding carboxylic acids is 2. The number of nitrogens with zero attached hydrogens (tertiary/aromatic N) is 2. The van der Waals surface area contributed by atoms with E-state index in [4.69, 9.17) is 9.15 Å². The molecule has 184 valence electrons. The molecule has 7 nitrogen and oxygen atoms in total. The lowest BCUT2D eigenvalue weighted by atomic mass is 9.95. The summed E-state index contributed by atoms with van der Waals surface area (Å²) < 4.78 is 12.1. The van der Waals surface area contributed by atoms with Crippen LogP contribution < -0.4 is 10.1 Å². The zero-order valence-electron chi connectivity index (χ0n) is 19.9. The number of methoxy groups -OCH3 is 1. The molecule has 0 saturated carbocycles. The summed E-state index contributed by atoms with van der Waals surface area (Å²) in [5, 5.41) is 3.02. The number of aromatic nitrogens is 1. The molecule has 5 rings (SSSR count). The van der Waals surface area contributed by atoms with Gasteiger partial charge in [0, 0.05) is 27.7 Å². The standard InChI is InChI=1S/C28H26BrN3O4/c1-35-21-8-9-22(23(29)16-21)28-31-24-10-7-20(15-26(24)36-28)30-27(34)19-11-13-32(14-12-19)17-25(33)18-5-3-2-4-6-18/h2-10,15-16,19H,11-14,17H2,1H3,(H,30,34). The molecule has 0 unspecified atom stereocenters. The number of ether oxygens (including phenoxy) is 1. The molecule has 0 atom stereocenters. The summed E-state index contributed by atoms with van der Waals surface area (Å²) in [7, 11) is 1.62. The van der Waals surface area contributed by atoms with E-state index in [-0.39, 0.29) is 17.6 Å². The summed E-state index contributed by atoms with van der Waals surface area (Å²) in [6.45, 7) is 1.82. The normalized spacial score (nSPS) is 14.6. The molecule has 1 amide bonds. The van der Waals surface area contributed by atoms with Crippen LogP contribution in [0.3, 0.4) is 0 Å². The van der Waals surface area contributed by atoms with Crippen LogP contribution in [0.5, 0.6) is 5.75 Å². The van der Waals surface area contributed by atoms with Crippen molar-refractivity contribution < 1.29 is 18.7 Å². The third kappa shape index (κ3) is 5.34. The summed E-state index contributed by atoms with van der Waals surface area (Å²) in [6.07, 6.45) is 1.43. The number of amides is 1. The molecule has 4 aromatic rings. The minimum Gasteiger partial charge on any atom is -0.497 e. The molecular formula is C28H26BrN3O4. The third-order valence-corrected chi connectivity index (χ3v) is 7.14. The zero-order chi connectivity index (χ0) is 25.1. The smallest absolute Gasteiger partial charge is 0.228 e. The average Bonchev–Trinajstić information content (AvgIpc) is 3.32. The number of likely N-dealkylation sites (tertiary alicyclic amines) is 1. The van der Waals surface area contributed by atoms with Gasteiger partial charge in [0.15, 0.2) is 11.4 Å². The maximum absolute atomic E-state index is 12.9. The number of piperidine rings is 1. The molecule has 0 bridgehead atoms. The minimum atomic E-state index is -0.0932. The van der Waals surface area contributed by atoms with E-state index in [9.17, 15) is 9.59 Å². The molecule has 3 aromatic carbocycles. The Morgan fingerprint density at radius 2 is 1.86 bits per heavy atom. The number of fused-ring (bicyclic) bond motifs is 1. The number of carbonyl (C=O) groups is 2. The number of benzene rings is 3. The number of halogens is 1. The van der Waals surface area contributed by atoms with Gasteiger partial charge in [-0.1, -0.05) is 30.3 Å². The van der Waals surface area contributed by atoms with E-state index in [0.29, 0.717) is 42.1 Å². The second-order valence-corrected chi connectivity index (χ2v) is 9.73. The van der Waals surface area contributed by atoms with Crippen molar-refractivity contribution in [1.29, 1.82) is 0 Å². The Morgan fingerprint density at radius 1 is 1.08 bits per heavy atom. The number of hydrogen-bond acceptors (Lipinski definition) is 6. The van der Waals surface area contributed by atoms with Crippen LogP contribution in [0.15, 0.2) is 75.6 Å². The van der Waals surface area contributed by atoms with Crippen LogP contribution >= 0.6 is 15.9 Å². The molecule has 1 N–H and O–H groups in total. The lowest BCUT2D eigenvalue weighted by Crippen LogP contribution is -2.40. The second kappa shape index (κ2) is 10.6. The number of anilines is 1. The number of rotatable bonds is 7. The van der Waals surface area contributed by atoms with Gasteiger partial charge in [0.2, 0.25) is 11.8 Å². The topological polar surface area (TPSA) is 84.7 Å². The first kappa shape index (κ1) is 24.2. The molecule has 1 fully saturated rings. The van der Waals surface area contributed by atoms with Crippen molar-refractivity contribution in [3.63, 3.8) is 0 Å². The predicted molar refractivity (Wildman–Crippen MR) is 142 cm³/mol. The van der Waals surface area contributed by atoms with Gasteiger partial charge >= 0.3 is 0 Å². The molecule has 36 heavy (non-hydrogen) atoms. The van der Waals surface area contributed by atoms with Gasteiger partial charge in [0.25, 0.3) is 0 Å². The molecule has 8 heteroatoms. The third-order valence-electron chi connectivity index (χ3n) is 6.48. The Labute approximate surface area is 217 Å². The largest absolute Gasteiger partial charge is 0.497 e. The summed E-state index contributed by atoms with van der Waals surface area (Å²) in [5.74, 6) is 1.23. The number of ketones is 1. The highest BCUT2D eigenvalue weighted by molar-refractivity contribution is 9.10. The lowest BCUT2D eigenvalue weighted by Gasteiger charge is -2.30. The van der Waals surface area contributed by atoms with Crippen molar-refractivity contribution in [2.75, 3.05) is 32.1 Å². The van der Waals surface area contributed by atoms with Crippen molar-refractivity contribution in [2.24, 2.45) is 5.92 Å². The minimum absolute atomic E-state index is 0.0129. The van der Waals surface area contributed by atoms with Gasteiger partial charge in [-0.15, -0.1) is 0 Å². The van der Waals surface area contributed by atoms with E-state index in [1.165, 1.54) is 0 Å². The maximum atomic E-state index is 12.9. The number of Topliss-reactive ketones (excluding diaryl/α,β-unsaturated/α-hetero) is 1. The first-order valence-electron chi connectivity index (χ1n) is 11.9. The molecule has 0 spiro atoms. The van der Waals surface area contributed by atoms with Crippen LogP contribution in [0.1, 0.15) is 23.2 Å². The zero-order valence-corrected chi connectivity index (χ0v) is 21.5. The Morgan fingerprint density at radius 3 is 2.58 bits per heavy atom. The highest BCUT2D eigenvalue weighted by Gasteiger charge is 2.26. The van der Waals surface area contributed by atoms with Crippen LogP contribution in [0.2, 0.25) is 0 Å². The van der Waals surface area contributed by atoms with Gasteiger partial charge in [-0.25, -0.2) is 4.98 Å². The predicted octanol–water partition coefficient (Wildman–Crippen LogP) is 5.80. The summed E-state index contributed by atoms with van der Waals surface area (Å²) >= 11 is 3.54. The SMILES string of the molecule is COc1ccc(-c2nc3ccc(NC(=O)C4CCN(CC(=O)c5ccccc5)CC4)cc3o2)c(Br)c1. The van der Waals surface area contributed by atoms with E-state index in [2.05, 4.69) is 31.1 Å². The molecule has 0 radical (unpaired) electrons. The fourth-order valence-electron chi connectivity index (χ4n) is 4.43. The number of hydrogen-bond donors (Lipinski definition) is 1.